The molecule has 0 spiro atoms. The number of benzene rings is 1. The van der Waals surface area contributed by atoms with Crippen LogP contribution in [0.1, 0.15) is 18.9 Å². The summed E-state index contributed by atoms with van der Waals surface area (Å²) in [5.41, 5.74) is 8.10. The van der Waals surface area contributed by atoms with Crippen LogP contribution in [-0.2, 0) is 4.74 Å². The van der Waals surface area contributed by atoms with Gasteiger partial charge in [-0.15, -0.1) is 0 Å². The van der Waals surface area contributed by atoms with Gasteiger partial charge in [0.15, 0.2) is 0 Å². The lowest BCUT2D eigenvalue weighted by atomic mass is 9.97. The summed E-state index contributed by atoms with van der Waals surface area (Å²) in [5.74, 6) is 0. The lowest BCUT2D eigenvalue weighted by Gasteiger charge is -2.31. The van der Waals surface area contributed by atoms with Gasteiger partial charge in [-0.05, 0) is 31.9 Å². The Morgan fingerprint density at radius 3 is 2.62 bits per heavy atom. The molecule has 0 aliphatic heterocycles. The van der Waals surface area contributed by atoms with Gasteiger partial charge in [-0.2, -0.15) is 0 Å². The van der Waals surface area contributed by atoms with E-state index in [1.165, 1.54) is 5.56 Å². The molecule has 1 rings (SSSR count). The highest BCUT2D eigenvalue weighted by atomic mass is 16.5. The number of aryl methyl sites for hydroxylation is 1. The highest BCUT2D eigenvalue weighted by Gasteiger charge is 2.22. The zero-order chi connectivity index (χ0) is 12.0. The fraction of sp³-hybridized carbons (Fsp3) is 0.538. The van der Waals surface area contributed by atoms with Crippen molar-refractivity contribution in [3.05, 3.63) is 29.8 Å². The first-order valence-electron chi connectivity index (χ1n) is 5.64. The first kappa shape index (κ1) is 13.0. The second-order valence-electron chi connectivity index (χ2n) is 4.45. The molecule has 1 aromatic rings. The Labute approximate surface area is 98.0 Å². The zero-order valence-corrected chi connectivity index (χ0v) is 10.4. The number of anilines is 1. The van der Waals surface area contributed by atoms with Crippen molar-refractivity contribution >= 4 is 5.69 Å². The van der Waals surface area contributed by atoms with Gasteiger partial charge < -0.3 is 15.8 Å². The van der Waals surface area contributed by atoms with E-state index in [1.54, 1.807) is 7.11 Å². The SMILES string of the molecule is COCCC(C)(CN)Nc1ccccc1C. The van der Waals surface area contributed by atoms with E-state index >= 15 is 0 Å². The van der Waals surface area contributed by atoms with Crippen molar-refractivity contribution in [3.63, 3.8) is 0 Å². The molecule has 0 radical (unpaired) electrons. The first-order valence-corrected chi connectivity index (χ1v) is 5.64. The normalized spacial score (nSPS) is 14.5. The largest absolute Gasteiger partial charge is 0.385 e. The van der Waals surface area contributed by atoms with Crippen LogP contribution in [0.4, 0.5) is 5.69 Å². The van der Waals surface area contributed by atoms with Crippen molar-refractivity contribution in [2.75, 3.05) is 25.6 Å². The maximum atomic E-state index is 5.83. The number of hydrogen-bond acceptors (Lipinski definition) is 3. The van der Waals surface area contributed by atoms with Gasteiger partial charge in [-0.1, -0.05) is 18.2 Å². The molecule has 0 bridgehead atoms. The predicted molar refractivity (Wildman–Crippen MR) is 68.8 cm³/mol. The third kappa shape index (κ3) is 3.51. The molecule has 3 nitrogen and oxygen atoms in total. The minimum atomic E-state index is -0.109. The van der Waals surface area contributed by atoms with E-state index in [9.17, 15) is 0 Å². The molecule has 0 saturated heterocycles. The molecule has 0 amide bonds. The molecule has 3 N–H and O–H groups in total. The zero-order valence-electron chi connectivity index (χ0n) is 10.4. The maximum Gasteiger partial charge on any atom is 0.0489 e. The van der Waals surface area contributed by atoms with Crippen molar-refractivity contribution in [2.24, 2.45) is 5.73 Å². The lowest BCUT2D eigenvalue weighted by Crippen LogP contribution is -2.43. The summed E-state index contributed by atoms with van der Waals surface area (Å²) in [6.45, 7) is 5.52. The topological polar surface area (TPSA) is 47.3 Å². The molecular formula is C13H22N2O. The third-order valence-electron chi connectivity index (χ3n) is 2.89. The van der Waals surface area contributed by atoms with Crippen LogP contribution in [0.3, 0.4) is 0 Å². The average Bonchev–Trinajstić information content (AvgIpc) is 2.30. The monoisotopic (exact) mass is 222 g/mol. The second-order valence-corrected chi connectivity index (χ2v) is 4.45. The summed E-state index contributed by atoms with van der Waals surface area (Å²) in [5, 5.41) is 3.50. The first-order chi connectivity index (χ1) is 7.61. The van der Waals surface area contributed by atoms with Crippen LogP contribution in [0.25, 0.3) is 0 Å². The van der Waals surface area contributed by atoms with Crippen molar-refractivity contribution in [1.29, 1.82) is 0 Å². The lowest BCUT2D eigenvalue weighted by molar-refractivity contribution is 0.177. The summed E-state index contributed by atoms with van der Waals surface area (Å²) in [6, 6.07) is 8.24. The van der Waals surface area contributed by atoms with Gasteiger partial charge in [0.05, 0.1) is 0 Å². The minimum absolute atomic E-state index is 0.109. The van der Waals surface area contributed by atoms with Crippen molar-refractivity contribution in [1.82, 2.24) is 0 Å². The van der Waals surface area contributed by atoms with Crippen LogP contribution < -0.4 is 11.1 Å². The minimum Gasteiger partial charge on any atom is -0.385 e. The Balaban J connectivity index is 2.72. The van der Waals surface area contributed by atoms with E-state index in [1.807, 2.05) is 12.1 Å². The highest BCUT2D eigenvalue weighted by molar-refractivity contribution is 5.52. The molecule has 0 saturated carbocycles. The van der Waals surface area contributed by atoms with Crippen molar-refractivity contribution in [3.8, 4) is 0 Å². The van der Waals surface area contributed by atoms with Crippen LogP contribution in [0.5, 0.6) is 0 Å². The van der Waals surface area contributed by atoms with E-state index in [4.69, 9.17) is 10.5 Å². The van der Waals surface area contributed by atoms with E-state index < -0.39 is 0 Å². The summed E-state index contributed by atoms with van der Waals surface area (Å²) in [7, 11) is 1.71. The standard InChI is InChI=1S/C13H22N2O/c1-11-6-4-5-7-12(11)15-13(2,10-14)8-9-16-3/h4-7,15H,8-10,14H2,1-3H3. The quantitative estimate of drug-likeness (QED) is 0.775. The number of ether oxygens (including phenoxy) is 1. The smallest absolute Gasteiger partial charge is 0.0489 e. The van der Waals surface area contributed by atoms with Crippen LogP contribution >= 0.6 is 0 Å². The fourth-order valence-corrected chi connectivity index (χ4v) is 1.58. The molecule has 90 valence electrons. The van der Waals surface area contributed by atoms with Crippen LogP contribution in [0, 0.1) is 6.92 Å². The van der Waals surface area contributed by atoms with Crippen LogP contribution in [0.2, 0.25) is 0 Å². The average molecular weight is 222 g/mol. The molecular weight excluding hydrogens is 200 g/mol. The van der Waals surface area contributed by atoms with Gasteiger partial charge in [0.1, 0.15) is 0 Å². The molecule has 0 aromatic heterocycles. The van der Waals surface area contributed by atoms with Gasteiger partial charge in [0.25, 0.3) is 0 Å². The van der Waals surface area contributed by atoms with Crippen molar-refractivity contribution < 1.29 is 4.74 Å². The van der Waals surface area contributed by atoms with Crippen LogP contribution in [0.15, 0.2) is 24.3 Å². The van der Waals surface area contributed by atoms with E-state index in [-0.39, 0.29) is 5.54 Å². The Bertz CT molecular complexity index is 327. The molecule has 1 atom stereocenters. The number of hydrogen-bond donors (Lipinski definition) is 2. The molecule has 0 heterocycles. The predicted octanol–water partition coefficient (Wildman–Crippen LogP) is 2.16. The molecule has 0 fully saturated rings. The van der Waals surface area contributed by atoms with E-state index in [0.29, 0.717) is 13.2 Å². The number of methoxy groups -OCH3 is 1. The summed E-state index contributed by atoms with van der Waals surface area (Å²) < 4.78 is 5.11. The van der Waals surface area contributed by atoms with Crippen LogP contribution in [-0.4, -0.2) is 25.8 Å². The Morgan fingerprint density at radius 2 is 2.06 bits per heavy atom. The summed E-state index contributed by atoms with van der Waals surface area (Å²) in [6.07, 6.45) is 0.897. The molecule has 1 unspecified atom stereocenters. The van der Waals surface area contributed by atoms with Gasteiger partial charge in [-0.25, -0.2) is 0 Å². The maximum absolute atomic E-state index is 5.83. The molecule has 0 aliphatic rings. The second kappa shape index (κ2) is 5.87. The number of nitrogens with two attached hydrogens (primary N) is 1. The summed E-state index contributed by atoms with van der Waals surface area (Å²) >= 11 is 0. The van der Waals surface area contributed by atoms with Gasteiger partial charge in [0.2, 0.25) is 0 Å². The van der Waals surface area contributed by atoms with Gasteiger partial charge in [-0.3, -0.25) is 0 Å². The number of nitrogens with one attached hydrogen (secondary N) is 1. The number of para-hydroxylation sites is 1. The third-order valence-corrected chi connectivity index (χ3v) is 2.89. The Kier molecular flexibility index (Phi) is 4.77. The Morgan fingerprint density at radius 1 is 1.38 bits per heavy atom. The number of rotatable bonds is 6. The van der Waals surface area contributed by atoms with Gasteiger partial charge in [0, 0.05) is 31.5 Å². The molecule has 3 heteroatoms. The fourth-order valence-electron chi connectivity index (χ4n) is 1.58. The molecule has 0 aliphatic carbocycles. The molecule has 16 heavy (non-hydrogen) atoms. The van der Waals surface area contributed by atoms with E-state index in [0.717, 1.165) is 12.1 Å². The van der Waals surface area contributed by atoms with Gasteiger partial charge >= 0.3 is 0 Å². The van der Waals surface area contributed by atoms with E-state index in [2.05, 4.69) is 31.3 Å². The summed E-state index contributed by atoms with van der Waals surface area (Å²) in [4.78, 5) is 0. The highest BCUT2D eigenvalue weighted by Crippen LogP contribution is 2.20. The van der Waals surface area contributed by atoms with Crippen molar-refractivity contribution in [2.45, 2.75) is 25.8 Å². The molecule has 1 aromatic carbocycles. The Hall–Kier alpha value is -1.06.